The molecule has 0 aromatic carbocycles. The Balaban J connectivity index is -0.000000247. The van der Waals surface area contributed by atoms with E-state index >= 15 is 0 Å². The lowest BCUT2D eigenvalue weighted by Crippen LogP contribution is -2.12. The number of ether oxygens (including phenoxy) is 2. The molecule has 0 aliphatic rings. The number of carbonyl (C=O) groups is 2. The summed E-state index contributed by atoms with van der Waals surface area (Å²) in [5, 5.41) is 7.99. The fraction of sp³-hybridized carbons (Fsp3) is 0.375. The van der Waals surface area contributed by atoms with E-state index in [-0.39, 0.29) is 0 Å². The summed E-state index contributed by atoms with van der Waals surface area (Å²) < 4.78 is 9.20. The number of rotatable bonds is 9. The smallest absolute Gasteiger partial charge is 0.331 e. The predicted octanol–water partition coefficient (Wildman–Crippen LogP) is 1.52. The lowest BCUT2D eigenvalue weighted by atomic mass is 10.2. The Morgan fingerprint density at radius 3 is 1.82 bits per heavy atom. The van der Waals surface area contributed by atoms with Crippen LogP contribution in [0.15, 0.2) is 50.1 Å². The molecule has 0 radical (unpaired) electrons. The number of esters is 1. The third-order valence-corrected chi connectivity index (χ3v) is 1.65. The fourth-order valence-corrected chi connectivity index (χ4v) is 0.716. The van der Waals surface area contributed by atoms with E-state index in [9.17, 15) is 9.59 Å². The number of aliphatic hydroxyl groups excluding tert-OH is 1. The highest BCUT2D eigenvalue weighted by molar-refractivity contribution is 5.91. The van der Waals surface area contributed by atoms with Crippen molar-refractivity contribution in [3.63, 3.8) is 0 Å². The molecule has 126 valence electrons. The third-order valence-electron chi connectivity index (χ3n) is 1.65. The van der Waals surface area contributed by atoms with Crippen LogP contribution in [-0.4, -0.2) is 43.4 Å². The molecule has 0 unspecified atom stereocenters. The maximum absolute atomic E-state index is 10.2. The number of nitrogens with two attached hydrogens (primary N) is 1. The van der Waals surface area contributed by atoms with Crippen molar-refractivity contribution in [1.82, 2.24) is 0 Å². The summed E-state index contributed by atoms with van der Waals surface area (Å²) in [6.07, 6.45) is 5.50. The molecule has 0 aromatic rings. The van der Waals surface area contributed by atoms with Crippen molar-refractivity contribution in [2.45, 2.75) is 13.3 Å². The molecule has 0 aromatic heterocycles. The fourth-order valence-electron chi connectivity index (χ4n) is 0.716. The number of primary amides is 1. The van der Waals surface area contributed by atoms with Gasteiger partial charge < -0.3 is 20.3 Å². The molecule has 0 atom stereocenters. The second-order valence-corrected chi connectivity index (χ2v) is 3.54. The lowest BCUT2D eigenvalue weighted by molar-refractivity contribution is -0.146. The van der Waals surface area contributed by atoms with Crippen LogP contribution in [0.1, 0.15) is 13.3 Å². The second-order valence-electron chi connectivity index (χ2n) is 3.54. The summed E-state index contributed by atoms with van der Waals surface area (Å²) in [4.78, 5) is 20.1. The molecule has 22 heavy (non-hydrogen) atoms. The summed E-state index contributed by atoms with van der Waals surface area (Å²) in [5.74, 6) is -1.02. The zero-order valence-electron chi connectivity index (χ0n) is 13.3. The second kappa shape index (κ2) is 21.1. The highest BCUT2D eigenvalue weighted by Crippen LogP contribution is 1.94. The van der Waals surface area contributed by atoms with Crippen LogP contribution in [0.25, 0.3) is 0 Å². The molecule has 0 spiro atoms. The van der Waals surface area contributed by atoms with Crippen molar-refractivity contribution < 1.29 is 24.2 Å². The predicted molar refractivity (Wildman–Crippen MR) is 88.1 cm³/mol. The Labute approximate surface area is 132 Å². The van der Waals surface area contributed by atoms with Crippen molar-refractivity contribution in [2.75, 3.05) is 26.4 Å². The highest BCUT2D eigenvalue weighted by atomic mass is 16.5. The van der Waals surface area contributed by atoms with Gasteiger partial charge >= 0.3 is 5.97 Å². The Bertz CT molecular complexity index is 342. The topological polar surface area (TPSA) is 98.9 Å². The first-order valence-electron chi connectivity index (χ1n) is 6.55. The van der Waals surface area contributed by atoms with Crippen molar-refractivity contribution >= 4 is 11.9 Å². The normalized spacial score (nSPS) is 8.09. The molecule has 6 heteroatoms. The number of hydrogen-bond donors (Lipinski definition) is 2. The van der Waals surface area contributed by atoms with Gasteiger partial charge in [-0.05, 0) is 13.3 Å². The minimum absolute atomic E-state index is 0.333. The van der Waals surface area contributed by atoms with Crippen molar-refractivity contribution in [3.8, 4) is 0 Å². The number of carbonyl (C=O) groups excluding carboxylic acids is 2. The van der Waals surface area contributed by atoms with Crippen molar-refractivity contribution in [2.24, 2.45) is 5.73 Å². The zero-order valence-corrected chi connectivity index (χ0v) is 13.3. The summed E-state index contributed by atoms with van der Waals surface area (Å²) in [6.45, 7) is 16.5. The van der Waals surface area contributed by atoms with Crippen molar-refractivity contribution in [3.05, 3.63) is 50.1 Å². The first-order chi connectivity index (χ1) is 10.4. The molecule has 3 N–H and O–H groups in total. The van der Waals surface area contributed by atoms with Crippen LogP contribution in [-0.2, 0) is 19.1 Å². The van der Waals surface area contributed by atoms with Gasteiger partial charge in [0.1, 0.15) is 6.61 Å². The first kappa shape index (κ1) is 24.8. The van der Waals surface area contributed by atoms with Crippen LogP contribution in [0, 0.1) is 0 Å². The van der Waals surface area contributed by atoms with Gasteiger partial charge in [0, 0.05) is 5.57 Å². The molecule has 0 aliphatic heterocycles. The average Bonchev–Trinajstić information content (AvgIpc) is 2.49. The number of allylic oxidation sites excluding steroid dienone is 1. The van der Waals surface area contributed by atoms with Gasteiger partial charge in [0.25, 0.3) is 0 Å². The van der Waals surface area contributed by atoms with Gasteiger partial charge in [-0.3, -0.25) is 4.79 Å². The molecule has 0 bridgehead atoms. The molecule has 6 nitrogen and oxygen atoms in total. The van der Waals surface area contributed by atoms with Gasteiger partial charge in [-0.2, -0.15) is 0 Å². The van der Waals surface area contributed by atoms with Gasteiger partial charge in [0.2, 0.25) is 5.91 Å². The Kier molecular flexibility index (Phi) is 23.8. The van der Waals surface area contributed by atoms with Gasteiger partial charge in [-0.25, -0.2) is 4.79 Å². The summed E-state index contributed by atoms with van der Waals surface area (Å²) in [6, 6.07) is 0. The van der Waals surface area contributed by atoms with Gasteiger partial charge in [-0.1, -0.05) is 24.8 Å². The van der Waals surface area contributed by atoms with Crippen LogP contribution in [0.4, 0.5) is 0 Å². The van der Waals surface area contributed by atoms with Gasteiger partial charge in [0.05, 0.1) is 19.8 Å². The molecule has 0 fully saturated rings. The monoisotopic (exact) mass is 313 g/mol. The summed E-state index contributed by atoms with van der Waals surface area (Å²) in [7, 11) is 0. The highest BCUT2D eigenvalue weighted by Gasteiger charge is 1.95. The Hall–Kier alpha value is -2.18. The third kappa shape index (κ3) is 26.4. The van der Waals surface area contributed by atoms with Gasteiger partial charge in [0.15, 0.2) is 0 Å². The molecule has 1 amide bonds. The molecular formula is C16H27NO5. The maximum atomic E-state index is 10.2. The average molecular weight is 313 g/mol. The SMILES string of the molecule is C=CCC(=C)C(N)=O.C=CCOCC=C.CCOC(=O)CO. The molecule has 0 rings (SSSR count). The molecule has 0 saturated carbocycles. The van der Waals surface area contributed by atoms with E-state index in [4.69, 9.17) is 15.6 Å². The molecule has 0 saturated heterocycles. The minimum Gasteiger partial charge on any atom is -0.464 e. The van der Waals surface area contributed by atoms with E-state index in [0.29, 0.717) is 31.8 Å². The van der Waals surface area contributed by atoms with Crippen molar-refractivity contribution in [1.29, 1.82) is 0 Å². The number of amides is 1. The molecule has 0 heterocycles. The van der Waals surface area contributed by atoms with E-state index in [1.54, 1.807) is 25.2 Å². The van der Waals surface area contributed by atoms with Crippen LogP contribution in [0.3, 0.4) is 0 Å². The number of aliphatic hydroxyl groups is 1. The van der Waals surface area contributed by atoms with E-state index in [2.05, 4.69) is 31.1 Å². The first-order valence-corrected chi connectivity index (χ1v) is 6.55. The van der Waals surface area contributed by atoms with Crippen LogP contribution in [0.5, 0.6) is 0 Å². The minimum atomic E-state index is -0.567. The quantitative estimate of drug-likeness (QED) is 0.291. The van der Waals surface area contributed by atoms with E-state index in [1.165, 1.54) is 0 Å². The van der Waals surface area contributed by atoms with Gasteiger partial charge in [-0.15, -0.1) is 19.7 Å². The molecule has 0 aliphatic carbocycles. The van der Waals surface area contributed by atoms with E-state index in [1.807, 2.05) is 0 Å². The largest absolute Gasteiger partial charge is 0.464 e. The van der Waals surface area contributed by atoms with Crippen LogP contribution in [0.2, 0.25) is 0 Å². The Morgan fingerprint density at radius 2 is 1.64 bits per heavy atom. The zero-order chi connectivity index (χ0) is 17.8. The Morgan fingerprint density at radius 1 is 1.14 bits per heavy atom. The summed E-state index contributed by atoms with van der Waals surface area (Å²) in [5.41, 5.74) is 5.24. The standard InChI is InChI=1S/C6H9NO.C6H10O.C4H8O3/c1-3-4-5(2)6(7)8;1-3-5-7-6-4-2;1-2-7-4(6)3-5/h3H,1-2,4H2,(H2,7,8);3-4H,1-2,5-6H2;5H,2-3H2,1H3. The van der Waals surface area contributed by atoms with Crippen LogP contribution >= 0.6 is 0 Å². The lowest BCUT2D eigenvalue weighted by Gasteiger charge is -1.93. The van der Waals surface area contributed by atoms with E-state index in [0.717, 1.165) is 0 Å². The number of hydrogen-bond acceptors (Lipinski definition) is 5. The molecular weight excluding hydrogens is 286 g/mol. The van der Waals surface area contributed by atoms with E-state index < -0.39 is 18.5 Å². The summed E-state index contributed by atoms with van der Waals surface area (Å²) >= 11 is 0. The maximum Gasteiger partial charge on any atom is 0.331 e. The van der Waals surface area contributed by atoms with Crippen LogP contribution < -0.4 is 5.73 Å².